The fourth-order valence-electron chi connectivity index (χ4n) is 2.68. The Hall–Kier alpha value is -0.0800. The van der Waals surface area contributed by atoms with Crippen LogP contribution in [-0.2, 0) is 4.74 Å². The van der Waals surface area contributed by atoms with E-state index in [1.807, 2.05) is 0 Å². The molecule has 0 aromatic heterocycles. The molecule has 88 valence electrons. The molecule has 2 fully saturated rings. The highest BCUT2D eigenvalue weighted by Crippen LogP contribution is 2.30. The molecule has 0 aromatic carbocycles. The van der Waals surface area contributed by atoms with Crippen LogP contribution in [0.5, 0.6) is 0 Å². The van der Waals surface area contributed by atoms with E-state index in [2.05, 4.69) is 19.2 Å². The predicted octanol–water partition coefficient (Wildman–Crippen LogP) is 2.72. The molecule has 2 aliphatic rings. The second-order valence-electron chi connectivity index (χ2n) is 5.72. The highest BCUT2D eigenvalue weighted by Gasteiger charge is 2.30. The molecule has 1 saturated carbocycles. The molecule has 1 aliphatic heterocycles. The topological polar surface area (TPSA) is 21.3 Å². The summed E-state index contributed by atoms with van der Waals surface area (Å²) in [6, 6.07) is 0.663. The zero-order chi connectivity index (χ0) is 10.7. The number of nitrogens with one attached hydrogen (secondary N) is 1. The van der Waals surface area contributed by atoms with Crippen molar-refractivity contribution < 1.29 is 4.74 Å². The molecule has 0 bridgehead atoms. The van der Waals surface area contributed by atoms with Gasteiger partial charge >= 0.3 is 0 Å². The standard InChI is InChI=1S/C13H25NO/c1-11(9-12-5-3-6-12)14-10-13(2)7-4-8-15-13/h11-12,14H,3-10H2,1-2H3. The first kappa shape index (κ1) is 11.4. The van der Waals surface area contributed by atoms with Crippen LogP contribution in [0.3, 0.4) is 0 Å². The van der Waals surface area contributed by atoms with E-state index in [0.717, 1.165) is 19.1 Å². The Morgan fingerprint density at radius 3 is 2.73 bits per heavy atom. The lowest BCUT2D eigenvalue weighted by molar-refractivity contribution is 0.0182. The maximum atomic E-state index is 5.77. The predicted molar refractivity (Wildman–Crippen MR) is 63.0 cm³/mol. The van der Waals surface area contributed by atoms with E-state index < -0.39 is 0 Å². The molecule has 0 amide bonds. The minimum absolute atomic E-state index is 0.119. The largest absolute Gasteiger partial charge is 0.374 e. The van der Waals surface area contributed by atoms with Gasteiger partial charge in [-0.15, -0.1) is 0 Å². The zero-order valence-electron chi connectivity index (χ0n) is 10.2. The third kappa shape index (κ3) is 3.18. The zero-order valence-corrected chi connectivity index (χ0v) is 10.2. The van der Waals surface area contributed by atoms with Gasteiger partial charge in [0.05, 0.1) is 5.60 Å². The molecule has 2 heteroatoms. The molecule has 15 heavy (non-hydrogen) atoms. The Balaban J connectivity index is 1.63. The number of hydrogen-bond acceptors (Lipinski definition) is 2. The minimum Gasteiger partial charge on any atom is -0.374 e. The van der Waals surface area contributed by atoms with Gasteiger partial charge in [0.15, 0.2) is 0 Å². The maximum Gasteiger partial charge on any atom is 0.0779 e. The van der Waals surface area contributed by atoms with Crippen molar-refractivity contribution in [2.75, 3.05) is 13.2 Å². The van der Waals surface area contributed by atoms with Gasteiger partial charge in [0.2, 0.25) is 0 Å². The van der Waals surface area contributed by atoms with Crippen molar-refractivity contribution in [1.82, 2.24) is 5.32 Å². The average molecular weight is 211 g/mol. The number of hydrogen-bond donors (Lipinski definition) is 1. The van der Waals surface area contributed by atoms with Gasteiger partial charge in [-0.25, -0.2) is 0 Å². The van der Waals surface area contributed by atoms with Gasteiger partial charge in [-0.05, 0) is 39.0 Å². The van der Waals surface area contributed by atoms with Gasteiger partial charge in [0.25, 0.3) is 0 Å². The Labute approximate surface area is 93.8 Å². The van der Waals surface area contributed by atoms with Gasteiger partial charge in [-0.2, -0.15) is 0 Å². The fourth-order valence-corrected chi connectivity index (χ4v) is 2.68. The van der Waals surface area contributed by atoms with E-state index in [0.29, 0.717) is 6.04 Å². The molecular formula is C13H25NO. The lowest BCUT2D eigenvalue weighted by Crippen LogP contribution is -2.42. The average Bonchev–Trinajstić information content (AvgIpc) is 2.57. The third-order valence-corrected chi connectivity index (χ3v) is 4.04. The van der Waals surface area contributed by atoms with Crippen LogP contribution in [-0.4, -0.2) is 24.8 Å². The Kier molecular flexibility index (Phi) is 3.68. The van der Waals surface area contributed by atoms with Crippen molar-refractivity contribution in [3.8, 4) is 0 Å². The second kappa shape index (κ2) is 4.84. The van der Waals surface area contributed by atoms with Crippen LogP contribution >= 0.6 is 0 Å². The van der Waals surface area contributed by atoms with Crippen molar-refractivity contribution in [3.05, 3.63) is 0 Å². The molecule has 0 aromatic rings. The first-order chi connectivity index (χ1) is 7.18. The highest BCUT2D eigenvalue weighted by atomic mass is 16.5. The SMILES string of the molecule is CC(CC1CCC1)NCC1(C)CCCO1. The van der Waals surface area contributed by atoms with Crippen LogP contribution in [0, 0.1) is 5.92 Å². The molecular weight excluding hydrogens is 186 g/mol. The van der Waals surface area contributed by atoms with Crippen LogP contribution in [0.25, 0.3) is 0 Å². The molecule has 0 radical (unpaired) electrons. The second-order valence-corrected chi connectivity index (χ2v) is 5.72. The van der Waals surface area contributed by atoms with Crippen LogP contribution in [0.15, 0.2) is 0 Å². The van der Waals surface area contributed by atoms with E-state index in [4.69, 9.17) is 4.74 Å². The molecule has 2 atom stereocenters. The summed E-state index contributed by atoms with van der Waals surface area (Å²) in [5.74, 6) is 1.00. The first-order valence-corrected chi connectivity index (χ1v) is 6.55. The van der Waals surface area contributed by atoms with Crippen LogP contribution in [0.4, 0.5) is 0 Å². The molecule has 0 spiro atoms. The fraction of sp³-hybridized carbons (Fsp3) is 1.00. The summed E-state index contributed by atoms with van der Waals surface area (Å²) in [7, 11) is 0. The molecule has 1 saturated heterocycles. The number of rotatable bonds is 5. The quantitative estimate of drug-likeness (QED) is 0.755. The summed E-state index contributed by atoms with van der Waals surface area (Å²) < 4.78 is 5.77. The van der Waals surface area contributed by atoms with E-state index in [1.165, 1.54) is 38.5 Å². The molecule has 2 unspecified atom stereocenters. The Morgan fingerprint density at radius 2 is 2.20 bits per heavy atom. The normalized spacial score (nSPS) is 34.0. The first-order valence-electron chi connectivity index (χ1n) is 6.55. The molecule has 2 rings (SSSR count). The van der Waals surface area contributed by atoms with E-state index in [-0.39, 0.29) is 5.60 Å². The van der Waals surface area contributed by atoms with E-state index >= 15 is 0 Å². The van der Waals surface area contributed by atoms with Crippen LogP contribution in [0.1, 0.15) is 52.4 Å². The summed E-state index contributed by atoms with van der Waals surface area (Å²) in [4.78, 5) is 0. The smallest absolute Gasteiger partial charge is 0.0779 e. The minimum atomic E-state index is 0.119. The summed E-state index contributed by atoms with van der Waals surface area (Å²) >= 11 is 0. The number of ether oxygens (including phenoxy) is 1. The van der Waals surface area contributed by atoms with Gasteiger partial charge < -0.3 is 10.1 Å². The van der Waals surface area contributed by atoms with Crippen molar-refractivity contribution in [1.29, 1.82) is 0 Å². The lowest BCUT2D eigenvalue weighted by atomic mass is 9.81. The monoisotopic (exact) mass is 211 g/mol. The van der Waals surface area contributed by atoms with Crippen molar-refractivity contribution in [2.24, 2.45) is 5.92 Å². The van der Waals surface area contributed by atoms with Crippen molar-refractivity contribution in [3.63, 3.8) is 0 Å². The van der Waals surface area contributed by atoms with E-state index in [1.54, 1.807) is 0 Å². The third-order valence-electron chi connectivity index (χ3n) is 4.04. The van der Waals surface area contributed by atoms with Crippen LogP contribution < -0.4 is 5.32 Å². The molecule has 1 N–H and O–H groups in total. The Bertz CT molecular complexity index is 195. The van der Waals surface area contributed by atoms with Gasteiger partial charge in [-0.1, -0.05) is 19.3 Å². The maximum absolute atomic E-state index is 5.77. The molecule has 1 aliphatic carbocycles. The highest BCUT2D eigenvalue weighted by molar-refractivity contribution is 4.84. The Morgan fingerprint density at radius 1 is 1.40 bits per heavy atom. The van der Waals surface area contributed by atoms with E-state index in [9.17, 15) is 0 Å². The van der Waals surface area contributed by atoms with Crippen molar-refractivity contribution in [2.45, 2.75) is 64.0 Å². The van der Waals surface area contributed by atoms with Crippen LogP contribution in [0.2, 0.25) is 0 Å². The molecule has 2 nitrogen and oxygen atoms in total. The summed E-state index contributed by atoms with van der Waals surface area (Å²) in [5.41, 5.74) is 0.119. The lowest BCUT2D eigenvalue weighted by Gasteiger charge is -2.31. The summed E-state index contributed by atoms with van der Waals surface area (Å²) in [6.07, 6.45) is 8.18. The summed E-state index contributed by atoms with van der Waals surface area (Å²) in [5, 5.41) is 3.64. The van der Waals surface area contributed by atoms with Gasteiger partial charge in [-0.3, -0.25) is 0 Å². The van der Waals surface area contributed by atoms with Crippen molar-refractivity contribution >= 4 is 0 Å². The van der Waals surface area contributed by atoms with Gasteiger partial charge in [0, 0.05) is 19.2 Å². The van der Waals surface area contributed by atoms with Gasteiger partial charge in [0.1, 0.15) is 0 Å². The molecule has 1 heterocycles. The summed E-state index contributed by atoms with van der Waals surface area (Å²) in [6.45, 7) is 6.54.